The first-order valence-electron chi connectivity index (χ1n) is 3.67. The minimum atomic E-state index is 0.757. The van der Waals surface area contributed by atoms with Crippen molar-refractivity contribution in [1.82, 2.24) is 0 Å². The first-order valence-corrected chi connectivity index (χ1v) is 3.67. The molecule has 0 atom stereocenters. The van der Waals surface area contributed by atoms with E-state index in [0.29, 0.717) is 0 Å². The molecule has 1 aromatic carbocycles. The molecular weight excluding hydrogens is 136 g/mol. The van der Waals surface area contributed by atoms with Crippen molar-refractivity contribution in [2.24, 2.45) is 0 Å². The van der Waals surface area contributed by atoms with E-state index in [1.165, 1.54) is 11.3 Å². The second-order valence-electron chi connectivity index (χ2n) is 2.66. The van der Waals surface area contributed by atoms with E-state index in [4.69, 9.17) is 5.26 Å². The molecule has 11 heavy (non-hydrogen) atoms. The van der Waals surface area contributed by atoms with Crippen LogP contribution in [-0.2, 0) is 6.42 Å². The maximum absolute atomic E-state index is 8.60. The normalized spacial score (nSPS) is 13.4. The van der Waals surface area contributed by atoms with Crippen molar-refractivity contribution in [3.05, 3.63) is 29.3 Å². The molecule has 2 rings (SSSR count). The van der Waals surface area contributed by atoms with E-state index in [1.54, 1.807) is 0 Å². The fraction of sp³-hybridized carbons (Fsp3) is 0.222. The number of fused-ring (bicyclic) bond motifs is 1. The molecule has 0 amide bonds. The molecule has 2 nitrogen and oxygen atoms in total. The number of benzene rings is 1. The standard InChI is InChI=1S/C9H8N2/c10-6-7-1-2-9-8(5-7)3-4-11-9/h1-2,5,11H,3-4H2. The number of nitrogens with zero attached hydrogens (tertiary/aromatic N) is 1. The van der Waals surface area contributed by atoms with E-state index in [1.807, 2.05) is 18.2 Å². The Morgan fingerprint density at radius 1 is 1.45 bits per heavy atom. The van der Waals surface area contributed by atoms with Crippen molar-refractivity contribution in [2.45, 2.75) is 6.42 Å². The van der Waals surface area contributed by atoms with E-state index in [0.717, 1.165) is 18.5 Å². The van der Waals surface area contributed by atoms with Gasteiger partial charge >= 0.3 is 0 Å². The number of hydrogen-bond donors (Lipinski definition) is 1. The van der Waals surface area contributed by atoms with Gasteiger partial charge in [0.2, 0.25) is 0 Å². The van der Waals surface area contributed by atoms with Crippen LogP contribution < -0.4 is 5.32 Å². The van der Waals surface area contributed by atoms with Gasteiger partial charge in [-0.05, 0) is 30.2 Å². The van der Waals surface area contributed by atoms with Crippen molar-refractivity contribution < 1.29 is 0 Å². The van der Waals surface area contributed by atoms with Gasteiger partial charge in [-0.3, -0.25) is 0 Å². The molecule has 0 fully saturated rings. The predicted molar refractivity (Wildman–Crippen MR) is 43.4 cm³/mol. The Labute approximate surface area is 65.5 Å². The maximum Gasteiger partial charge on any atom is 0.0991 e. The zero-order valence-electron chi connectivity index (χ0n) is 6.09. The minimum Gasteiger partial charge on any atom is -0.384 e. The van der Waals surface area contributed by atoms with Crippen LogP contribution in [0.4, 0.5) is 5.69 Å². The summed E-state index contributed by atoms with van der Waals surface area (Å²) in [4.78, 5) is 0. The second kappa shape index (κ2) is 2.28. The van der Waals surface area contributed by atoms with E-state index >= 15 is 0 Å². The summed E-state index contributed by atoms with van der Waals surface area (Å²) in [5.74, 6) is 0. The predicted octanol–water partition coefficient (Wildman–Crippen LogP) is 1.53. The topological polar surface area (TPSA) is 35.8 Å². The van der Waals surface area contributed by atoms with Gasteiger partial charge in [-0.1, -0.05) is 0 Å². The Balaban J connectivity index is 2.51. The summed E-state index contributed by atoms with van der Waals surface area (Å²) >= 11 is 0. The Hall–Kier alpha value is -1.49. The molecule has 0 aliphatic carbocycles. The Kier molecular flexibility index (Phi) is 1.29. The van der Waals surface area contributed by atoms with Crippen molar-refractivity contribution in [3.63, 3.8) is 0 Å². The van der Waals surface area contributed by atoms with E-state index in [2.05, 4.69) is 11.4 Å². The van der Waals surface area contributed by atoms with Crippen LogP contribution in [0.25, 0.3) is 0 Å². The van der Waals surface area contributed by atoms with Gasteiger partial charge < -0.3 is 5.32 Å². The quantitative estimate of drug-likeness (QED) is 0.599. The summed E-state index contributed by atoms with van der Waals surface area (Å²) in [7, 11) is 0. The molecule has 0 radical (unpaired) electrons. The van der Waals surface area contributed by atoms with Crippen LogP contribution in [0.3, 0.4) is 0 Å². The molecule has 0 spiro atoms. The first-order chi connectivity index (χ1) is 5.40. The smallest absolute Gasteiger partial charge is 0.0991 e. The number of hydrogen-bond acceptors (Lipinski definition) is 2. The zero-order chi connectivity index (χ0) is 7.68. The van der Waals surface area contributed by atoms with Crippen molar-refractivity contribution >= 4 is 5.69 Å². The third-order valence-electron chi connectivity index (χ3n) is 1.94. The molecule has 1 N–H and O–H groups in total. The molecule has 2 heteroatoms. The second-order valence-corrected chi connectivity index (χ2v) is 2.66. The largest absolute Gasteiger partial charge is 0.384 e. The fourth-order valence-electron chi connectivity index (χ4n) is 1.37. The monoisotopic (exact) mass is 144 g/mol. The number of rotatable bonds is 0. The average Bonchev–Trinajstić information content (AvgIpc) is 2.50. The third-order valence-corrected chi connectivity index (χ3v) is 1.94. The Bertz CT molecular complexity index is 323. The highest BCUT2D eigenvalue weighted by molar-refractivity contribution is 5.58. The molecular formula is C9H8N2. The van der Waals surface area contributed by atoms with Gasteiger partial charge in [-0.15, -0.1) is 0 Å². The molecule has 0 bridgehead atoms. The highest BCUT2D eigenvalue weighted by Crippen LogP contribution is 2.22. The van der Waals surface area contributed by atoms with Crippen LogP contribution in [0.5, 0.6) is 0 Å². The average molecular weight is 144 g/mol. The molecule has 1 aliphatic rings. The Morgan fingerprint density at radius 3 is 3.18 bits per heavy atom. The first kappa shape index (κ1) is 6.23. The van der Waals surface area contributed by atoms with Gasteiger partial charge in [-0.2, -0.15) is 5.26 Å². The van der Waals surface area contributed by atoms with Gasteiger partial charge in [0.05, 0.1) is 11.6 Å². The van der Waals surface area contributed by atoms with Gasteiger partial charge in [0.1, 0.15) is 0 Å². The molecule has 1 aromatic rings. The lowest BCUT2D eigenvalue weighted by molar-refractivity contribution is 1.10. The van der Waals surface area contributed by atoms with Crippen molar-refractivity contribution in [3.8, 4) is 6.07 Å². The van der Waals surface area contributed by atoms with Gasteiger partial charge in [0.25, 0.3) is 0 Å². The summed E-state index contributed by atoms with van der Waals surface area (Å²) in [6.45, 7) is 1.00. The van der Waals surface area contributed by atoms with E-state index in [-0.39, 0.29) is 0 Å². The number of anilines is 1. The zero-order valence-corrected chi connectivity index (χ0v) is 6.09. The summed E-state index contributed by atoms with van der Waals surface area (Å²) in [6.07, 6.45) is 1.05. The molecule has 0 aromatic heterocycles. The Morgan fingerprint density at radius 2 is 2.36 bits per heavy atom. The number of nitriles is 1. The fourth-order valence-corrected chi connectivity index (χ4v) is 1.37. The lowest BCUT2D eigenvalue weighted by Gasteiger charge is -1.97. The van der Waals surface area contributed by atoms with Crippen LogP contribution in [0.1, 0.15) is 11.1 Å². The van der Waals surface area contributed by atoms with Crippen LogP contribution >= 0.6 is 0 Å². The third kappa shape index (κ3) is 0.947. The summed E-state index contributed by atoms with van der Waals surface area (Å²) in [5.41, 5.74) is 3.21. The lowest BCUT2D eigenvalue weighted by atomic mass is 10.1. The highest BCUT2D eigenvalue weighted by atomic mass is 14.9. The van der Waals surface area contributed by atoms with Crippen molar-refractivity contribution in [2.75, 3.05) is 11.9 Å². The van der Waals surface area contributed by atoms with Gasteiger partial charge in [0, 0.05) is 12.2 Å². The van der Waals surface area contributed by atoms with E-state index in [9.17, 15) is 0 Å². The van der Waals surface area contributed by atoms with E-state index < -0.39 is 0 Å². The lowest BCUT2D eigenvalue weighted by Crippen LogP contribution is -1.90. The van der Waals surface area contributed by atoms with Crippen LogP contribution in [0.15, 0.2) is 18.2 Å². The molecule has 54 valence electrons. The van der Waals surface area contributed by atoms with Gasteiger partial charge in [0.15, 0.2) is 0 Å². The summed E-state index contributed by atoms with van der Waals surface area (Å²) in [5, 5.41) is 11.8. The SMILES string of the molecule is N#Cc1ccc2c(c1)CCN2. The van der Waals surface area contributed by atoms with Crippen LogP contribution in [0.2, 0.25) is 0 Å². The molecule has 0 saturated carbocycles. The minimum absolute atomic E-state index is 0.757. The summed E-state index contributed by atoms with van der Waals surface area (Å²) < 4.78 is 0. The molecule has 0 unspecified atom stereocenters. The summed E-state index contributed by atoms with van der Waals surface area (Å²) in [6, 6.07) is 7.90. The van der Waals surface area contributed by atoms with Gasteiger partial charge in [-0.25, -0.2) is 0 Å². The molecule has 1 aliphatic heterocycles. The highest BCUT2D eigenvalue weighted by Gasteiger charge is 2.08. The molecule has 0 saturated heterocycles. The van der Waals surface area contributed by atoms with Crippen molar-refractivity contribution in [1.29, 1.82) is 5.26 Å². The van der Waals surface area contributed by atoms with Crippen LogP contribution in [-0.4, -0.2) is 6.54 Å². The number of nitrogens with one attached hydrogen (secondary N) is 1. The maximum atomic E-state index is 8.60. The van der Waals surface area contributed by atoms with Crippen LogP contribution in [0, 0.1) is 11.3 Å². The molecule has 1 heterocycles.